The van der Waals surface area contributed by atoms with Gasteiger partial charge in [-0.3, -0.25) is 10.2 Å². The minimum absolute atomic E-state index is 0.322. The number of hydrogen-bond acceptors (Lipinski definition) is 6. The van der Waals surface area contributed by atoms with Gasteiger partial charge in [0.25, 0.3) is 10.1 Å². The van der Waals surface area contributed by atoms with E-state index in [1.54, 1.807) is 11.5 Å². The van der Waals surface area contributed by atoms with Crippen molar-refractivity contribution in [2.45, 2.75) is 13.8 Å². The molecule has 2 aromatic carbocycles. The molecule has 0 aliphatic heterocycles. The van der Waals surface area contributed by atoms with Crippen molar-refractivity contribution in [3.8, 4) is 11.1 Å². The number of guanidine groups is 1. The van der Waals surface area contributed by atoms with Gasteiger partial charge in [0.1, 0.15) is 5.75 Å². The van der Waals surface area contributed by atoms with E-state index in [9.17, 15) is 13.2 Å². The third-order valence-electron chi connectivity index (χ3n) is 4.11. The summed E-state index contributed by atoms with van der Waals surface area (Å²) in [4.78, 5) is 12.8. The second kappa shape index (κ2) is 7.70. The van der Waals surface area contributed by atoms with Crippen molar-refractivity contribution in [3.63, 3.8) is 0 Å². The molecule has 0 bridgehead atoms. The van der Waals surface area contributed by atoms with Crippen molar-refractivity contribution >= 4 is 43.3 Å². The first-order valence-electron chi connectivity index (χ1n) is 8.31. The molecule has 7 nitrogen and oxygen atoms in total. The van der Waals surface area contributed by atoms with Crippen LogP contribution in [0.4, 0.5) is 0 Å². The summed E-state index contributed by atoms with van der Waals surface area (Å²) in [7, 11) is -4.21. The number of rotatable bonds is 6. The summed E-state index contributed by atoms with van der Waals surface area (Å²) in [6.07, 6.45) is 0. The van der Waals surface area contributed by atoms with E-state index in [1.165, 1.54) is 11.3 Å². The van der Waals surface area contributed by atoms with Crippen LogP contribution < -0.4 is 11.2 Å². The van der Waals surface area contributed by atoms with Crippen molar-refractivity contribution < 1.29 is 17.5 Å². The summed E-state index contributed by atoms with van der Waals surface area (Å²) in [5.74, 6) is -2.10. The number of benzene rings is 2. The molecule has 146 valence electrons. The molecule has 0 unspecified atom stereocenters. The van der Waals surface area contributed by atoms with Gasteiger partial charge >= 0.3 is 0 Å². The zero-order valence-corrected chi connectivity index (χ0v) is 16.9. The molecule has 28 heavy (non-hydrogen) atoms. The number of carbonyl (C=O) groups excluding carboxylic acids is 1. The molecule has 9 heteroatoms. The predicted molar refractivity (Wildman–Crippen MR) is 111 cm³/mol. The van der Waals surface area contributed by atoms with Crippen LogP contribution in [-0.2, 0) is 14.4 Å². The SMILES string of the molecule is Cc1ccc(C)c(-c2cccc3sc(C(=O)CS(=O)(=O)ONC(=N)N)cc23)c1. The molecule has 1 aromatic heterocycles. The van der Waals surface area contributed by atoms with Gasteiger partial charge in [-0.05, 0) is 42.7 Å². The zero-order valence-electron chi connectivity index (χ0n) is 15.3. The first-order valence-corrected chi connectivity index (χ1v) is 10.7. The van der Waals surface area contributed by atoms with Gasteiger partial charge in [0.05, 0.1) is 4.88 Å². The number of hydrogen-bond donors (Lipinski definition) is 3. The van der Waals surface area contributed by atoms with Gasteiger partial charge in [-0.15, -0.1) is 15.6 Å². The highest BCUT2D eigenvalue weighted by Gasteiger charge is 2.22. The van der Waals surface area contributed by atoms with E-state index in [1.807, 2.05) is 44.2 Å². The average Bonchev–Trinajstić information content (AvgIpc) is 3.06. The van der Waals surface area contributed by atoms with Gasteiger partial charge < -0.3 is 5.73 Å². The smallest absolute Gasteiger partial charge is 0.295 e. The molecule has 4 N–H and O–H groups in total. The molecule has 0 radical (unpaired) electrons. The maximum absolute atomic E-state index is 12.5. The molecular weight excluding hydrogens is 398 g/mol. The Balaban J connectivity index is 1.96. The molecule has 0 saturated carbocycles. The minimum Gasteiger partial charge on any atom is -0.368 e. The normalized spacial score (nSPS) is 11.5. The lowest BCUT2D eigenvalue weighted by atomic mass is 9.96. The monoisotopic (exact) mass is 417 g/mol. The summed E-state index contributed by atoms with van der Waals surface area (Å²) in [6.45, 7) is 4.05. The quantitative estimate of drug-likeness (QED) is 0.245. The van der Waals surface area contributed by atoms with Crippen LogP contribution >= 0.6 is 11.3 Å². The number of nitrogens with one attached hydrogen (secondary N) is 2. The van der Waals surface area contributed by atoms with E-state index < -0.39 is 27.6 Å². The summed E-state index contributed by atoms with van der Waals surface area (Å²) >= 11 is 1.23. The van der Waals surface area contributed by atoms with Crippen molar-refractivity contribution in [2.24, 2.45) is 5.73 Å². The molecule has 0 fully saturated rings. The van der Waals surface area contributed by atoms with Crippen LogP contribution in [-0.4, -0.2) is 25.9 Å². The molecular formula is C19H19N3O4S2. The van der Waals surface area contributed by atoms with E-state index in [0.717, 1.165) is 32.3 Å². The molecule has 0 aliphatic carbocycles. The number of carbonyl (C=O) groups is 1. The van der Waals surface area contributed by atoms with Gasteiger partial charge in [0, 0.05) is 10.1 Å². The average molecular weight is 418 g/mol. The van der Waals surface area contributed by atoms with E-state index in [-0.39, 0.29) is 0 Å². The minimum atomic E-state index is -4.21. The van der Waals surface area contributed by atoms with Crippen LogP contribution in [0.5, 0.6) is 0 Å². The molecule has 0 aliphatic rings. The van der Waals surface area contributed by atoms with E-state index in [0.29, 0.717) is 4.88 Å². The standard InChI is InChI=1S/C19H19N3O4S2/c1-11-6-7-12(2)14(8-11)13-4-3-5-17-15(13)9-18(27-17)16(23)10-28(24,25)26-22-19(20)21/h3-9H,10H2,1-2H3,(H4,20,21,22). The Kier molecular flexibility index (Phi) is 5.50. The zero-order chi connectivity index (χ0) is 20.5. The fraction of sp³-hybridized carbons (Fsp3) is 0.158. The lowest BCUT2D eigenvalue weighted by Gasteiger charge is -2.08. The summed E-state index contributed by atoms with van der Waals surface area (Å²) < 4.78 is 28.9. The van der Waals surface area contributed by atoms with Crippen molar-refractivity contribution in [1.82, 2.24) is 5.48 Å². The van der Waals surface area contributed by atoms with E-state index in [2.05, 4.69) is 10.4 Å². The Morgan fingerprint density at radius 3 is 2.64 bits per heavy atom. The fourth-order valence-corrected chi connectivity index (χ4v) is 4.70. The van der Waals surface area contributed by atoms with Gasteiger partial charge in [-0.2, -0.15) is 8.42 Å². The van der Waals surface area contributed by atoms with Crippen molar-refractivity contribution in [1.29, 1.82) is 5.41 Å². The highest BCUT2D eigenvalue weighted by molar-refractivity contribution is 7.87. The van der Waals surface area contributed by atoms with Gasteiger partial charge in [0.15, 0.2) is 5.78 Å². The number of aryl methyl sites for hydroxylation is 2. The molecule has 1 heterocycles. The van der Waals surface area contributed by atoms with Crippen molar-refractivity contribution in [2.75, 3.05) is 5.75 Å². The second-order valence-corrected chi connectivity index (χ2v) is 9.03. The number of thiophene rings is 1. The van der Waals surface area contributed by atoms with E-state index in [4.69, 9.17) is 11.1 Å². The molecule has 0 amide bonds. The van der Waals surface area contributed by atoms with Crippen LogP contribution in [0.15, 0.2) is 42.5 Å². The number of fused-ring (bicyclic) bond motifs is 1. The number of ketones is 1. The molecule has 3 rings (SSSR count). The third-order valence-corrected chi connectivity index (χ3v) is 6.20. The number of nitrogens with two attached hydrogens (primary N) is 1. The molecule has 0 spiro atoms. The summed E-state index contributed by atoms with van der Waals surface area (Å²) in [5, 5.41) is 7.82. The largest absolute Gasteiger partial charge is 0.368 e. The maximum atomic E-state index is 12.5. The Morgan fingerprint density at radius 2 is 1.93 bits per heavy atom. The Morgan fingerprint density at radius 1 is 1.18 bits per heavy atom. The molecule has 0 saturated heterocycles. The highest BCUT2D eigenvalue weighted by atomic mass is 32.2. The Labute approximate surface area is 166 Å². The fourth-order valence-electron chi connectivity index (χ4n) is 2.83. The third kappa shape index (κ3) is 4.38. The maximum Gasteiger partial charge on any atom is 0.295 e. The second-order valence-electron chi connectivity index (χ2n) is 6.37. The molecule has 3 aromatic rings. The van der Waals surface area contributed by atoms with Crippen LogP contribution in [0.25, 0.3) is 21.2 Å². The van der Waals surface area contributed by atoms with Crippen molar-refractivity contribution in [3.05, 3.63) is 58.5 Å². The number of hydroxylamine groups is 1. The Bertz CT molecular complexity index is 1180. The van der Waals surface area contributed by atoms with Gasteiger partial charge in [-0.1, -0.05) is 35.9 Å². The van der Waals surface area contributed by atoms with Crippen LogP contribution in [0, 0.1) is 19.3 Å². The summed E-state index contributed by atoms with van der Waals surface area (Å²) in [5.41, 5.74) is 11.0. The lowest BCUT2D eigenvalue weighted by Crippen LogP contribution is -2.34. The lowest BCUT2D eigenvalue weighted by molar-refractivity contribution is 0.102. The van der Waals surface area contributed by atoms with Crippen LogP contribution in [0.3, 0.4) is 0 Å². The predicted octanol–water partition coefficient (Wildman–Crippen LogP) is 3.11. The topological polar surface area (TPSA) is 122 Å². The van der Waals surface area contributed by atoms with Crippen LogP contribution in [0.2, 0.25) is 0 Å². The van der Waals surface area contributed by atoms with Gasteiger partial charge in [-0.25, -0.2) is 5.48 Å². The first kappa shape index (κ1) is 20.0. The Hall–Kier alpha value is -2.75. The van der Waals surface area contributed by atoms with Gasteiger partial charge in [0.2, 0.25) is 5.96 Å². The van der Waals surface area contributed by atoms with E-state index >= 15 is 0 Å². The summed E-state index contributed by atoms with van der Waals surface area (Å²) in [6, 6.07) is 13.7. The molecule has 0 atom stereocenters. The first-order chi connectivity index (χ1) is 13.2. The number of Topliss-reactive ketones (excluding diaryl/α,β-unsaturated/α-hetero) is 1. The highest BCUT2D eigenvalue weighted by Crippen LogP contribution is 2.36. The van der Waals surface area contributed by atoms with Crippen LogP contribution in [0.1, 0.15) is 20.8 Å².